The van der Waals surface area contributed by atoms with Gasteiger partial charge in [0.05, 0.1) is 12.9 Å². The predicted molar refractivity (Wildman–Crippen MR) is 68.2 cm³/mol. The zero-order chi connectivity index (χ0) is 14.7. The van der Waals surface area contributed by atoms with E-state index in [0.29, 0.717) is 12.6 Å². The topological polar surface area (TPSA) is 68.3 Å². The van der Waals surface area contributed by atoms with Crippen molar-refractivity contribution in [3.05, 3.63) is 17.8 Å². The van der Waals surface area contributed by atoms with Gasteiger partial charge in [-0.3, -0.25) is 4.72 Å². The highest BCUT2D eigenvalue weighted by Crippen LogP contribution is 2.24. The van der Waals surface area contributed by atoms with Crippen LogP contribution in [0.15, 0.2) is 12.1 Å². The molecule has 8 heteroatoms. The molecule has 0 unspecified atom stereocenters. The molecule has 108 valence electrons. The molecule has 0 aliphatic carbocycles. The Balaban J connectivity index is 2.86. The third kappa shape index (κ3) is 5.37. The number of aryl methyl sites for hydroxylation is 1. The van der Waals surface area contributed by atoms with Crippen LogP contribution in [0.5, 0.6) is 5.75 Å². The number of nitrogens with one attached hydrogen (secondary N) is 1. The molecular weight excluding hydrogens is 278 g/mol. The fourth-order valence-corrected chi connectivity index (χ4v) is 2.46. The SMILES string of the molecule is COc1ccc(C)nc1NS(=O)(=O)CCC(C)(F)F. The Morgan fingerprint density at radius 3 is 2.58 bits per heavy atom. The van der Waals surface area contributed by atoms with E-state index in [1.54, 1.807) is 19.1 Å². The second-order valence-electron chi connectivity index (χ2n) is 4.24. The van der Waals surface area contributed by atoms with Gasteiger partial charge < -0.3 is 4.74 Å². The van der Waals surface area contributed by atoms with Gasteiger partial charge in [-0.15, -0.1) is 0 Å². The highest BCUT2D eigenvalue weighted by Gasteiger charge is 2.25. The van der Waals surface area contributed by atoms with E-state index in [-0.39, 0.29) is 11.6 Å². The largest absolute Gasteiger partial charge is 0.493 e. The van der Waals surface area contributed by atoms with Crippen LogP contribution in [-0.2, 0) is 10.0 Å². The Morgan fingerprint density at radius 2 is 2.05 bits per heavy atom. The van der Waals surface area contributed by atoms with E-state index >= 15 is 0 Å². The third-order valence-electron chi connectivity index (χ3n) is 2.28. The first-order valence-electron chi connectivity index (χ1n) is 5.53. The van der Waals surface area contributed by atoms with Crippen LogP contribution in [0.4, 0.5) is 14.6 Å². The molecular formula is C11H16F2N2O3S. The number of nitrogens with zero attached hydrogens (tertiary/aromatic N) is 1. The summed E-state index contributed by atoms with van der Waals surface area (Å²) in [7, 11) is -2.52. The molecule has 0 aliphatic rings. The zero-order valence-electron chi connectivity index (χ0n) is 10.9. The Morgan fingerprint density at radius 1 is 1.42 bits per heavy atom. The molecule has 0 saturated heterocycles. The van der Waals surface area contributed by atoms with E-state index in [9.17, 15) is 17.2 Å². The summed E-state index contributed by atoms with van der Waals surface area (Å²) in [4.78, 5) is 3.97. The number of rotatable bonds is 6. The quantitative estimate of drug-likeness (QED) is 0.873. The van der Waals surface area contributed by atoms with Gasteiger partial charge in [0.2, 0.25) is 15.9 Å². The summed E-state index contributed by atoms with van der Waals surface area (Å²) >= 11 is 0. The summed E-state index contributed by atoms with van der Waals surface area (Å²) in [6, 6.07) is 3.20. The molecule has 0 spiro atoms. The Bertz CT molecular complexity index is 541. The number of sulfonamides is 1. The van der Waals surface area contributed by atoms with Crippen LogP contribution in [0.25, 0.3) is 0 Å². The Hall–Kier alpha value is -1.44. The number of aromatic nitrogens is 1. The van der Waals surface area contributed by atoms with Crippen LogP contribution in [0, 0.1) is 6.92 Å². The van der Waals surface area contributed by atoms with Crippen LogP contribution < -0.4 is 9.46 Å². The minimum absolute atomic E-state index is 0.00178. The van der Waals surface area contributed by atoms with Gasteiger partial charge in [-0.25, -0.2) is 22.2 Å². The molecule has 0 amide bonds. The minimum atomic E-state index is -3.89. The van der Waals surface area contributed by atoms with E-state index in [1.807, 2.05) is 0 Å². The molecule has 0 aliphatic heterocycles. The summed E-state index contributed by atoms with van der Waals surface area (Å²) in [5.74, 6) is -3.48. The summed E-state index contributed by atoms with van der Waals surface area (Å²) < 4.78 is 55.8. The van der Waals surface area contributed by atoms with Gasteiger partial charge in [-0.05, 0) is 26.0 Å². The standard InChI is InChI=1S/C11H16F2N2O3S/c1-8-4-5-9(18-3)10(14-8)15-19(16,17)7-6-11(2,12)13/h4-5H,6-7H2,1-3H3,(H,14,15). The molecule has 0 saturated carbocycles. The van der Waals surface area contributed by atoms with E-state index < -0.39 is 28.1 Å². The van der Waals surface area contributed by atoms with Gasteiger partial charge >= 0.3 is 0 Å². The number of halogens is 2. The maximum absolute atomic E-state index is 12.7. The van der Waals surface area contributed by atoms with Crippen LogP contribution in [-0.4, -0.2) is 32.2 Å². The summed E-state index contributed by atoms with van der Waals surface area (Å²) in [6.07, 6.45) is -0.754. The smallest absolute Gasteiger partial charge is 0.246 e. The molecule has 1 heterocycles. The first kappa shape index (κ1) is 15.6. The second-order valence-corrected chi connectivity index (χ2v) is 6.09. The average molecular weight is 294 g/mol. The number of alkyl halides is 2. The van der Waals surface area contributed by atoms with Crippen molar-refractivity contribution in [1.82, 2.24) is 4.98 Å². The summed E-state index contributed by atoms with van der Waals surface area (Å²) in [5, 5.41) is 0. The van der Waals surface area contributed by atoms with E-state index in [4.69, 9.17) is 4.74 Å². The van der Waals surface area contributed by atoms with Gasteiger partial charge in [-0.1, -0.05) is 0 Å². The van der Waals surface area contributed by atoms with Crippen molar-refractivity contribution in [3.63, 3.8) is 0 Å². The lowest BCUT2D eigenvalue weighted by Gasteiger charge is -2.13. The van der Waals surface area contributed by atoms with E-state index in [0.717, 1.165) is 0 Å². The van der Waals surface area contributed by atoms with Crippen molar-refractivity contribution in [2.75, 3.05) is 17.6 Å². The Kier molecular flexibility index (Phi) is 4.67. The highest BCUT2D eigenvalue weighted by molar-refractivity contribution is 7.92. The molecule has 5 nitrogen and oxygen atoms in total. The number of ether oxygens (including phenoxy) is 1. The fourth-order valence-electron chi connectivity index (χ4n) is 1.29. The first-order valence-corrected chi connectivity index (χ1v) is 7.18. The summed E-state index contributed by atoms with van der Waals surface area (Å²) in [5.41, 5.74) is 0.583. The highest BCUT2D eigenvalue weighted by atomic mass is 32.2. The molecule has 0 fully saturated rings. The van der Waals surface area contributed by atoms with Crippen LogP contribution in [0.1, 0.15) is 19.0 Å². The molecule has 19 heavy (non-hydrogen) atoms. The minimum Gasteiger partial charge on any atom is -0.493 e. The van der Waals surface area contributed by atoms with Gasteiger partial charge in [0.15, 0.2) is 11.6 Å². The molecule has 0 aromatic carbocycles. The van der Waals surface area contributed by atoms with E-state index in [2.05, 4.69) is 9.71 Å². The van der Waals surface area contributed by atoms with Crippen LogP contribution in [0.3, 0.4) is 0 Å². The van der Waals surface area contributed by atoms with Gasteiger partial charge in [-0.2, -0.15) is 0 Å². The predicted octanol–water partition coefficient (Wildman–Crippen LogP) is 2.19. The molecule has 0 bridgehead atoms. The molecule has 1 rings (SSSR count). The second kappa shape index (κ2) is 5.68. The lowest BCUT2D eigenvalue weighted by Crippen LogP contribution is -2.23. The molecule has 1 N–H and O–H groups in total. The maximum atomic E-state index is 12.7. The molecule has 0 atom stereocenters. The van der Waals surface area contributed by atoms with Crippen LogP contribution in [0.2, 0.25) is 0 Å². The van der Waals surface area contributed by atoms with Gasteiger partial charge in [0.25, 0.3) is 0 Å². The lowest BCUT2D eigenvalue weighted by atomic mass is 10.3. The Labute approximate surface area is 111 Å². The summed E-state index contributed by atoms with van der Waals surface area (Å²) in [6.45, 7) is 2.35. The van der Waals surface area contributed by atoms with E-state index in [1.165, 1.54) is 7.11 Å². The zero-order valence-corrected chi connectivity index (χ0v) is 11.7. The van der Waals surface area contributed by atoms with Crippen molar-refractivity contribution < 1.29 is 21.9 Å². The monoisotopic (exact) mass is 294 g/mol. The van der Waals surface area contributed by atoms with Crippen LogP contribution >= 0.6 is 0 Å². The average Bonchev–Trinajstić information content (AvgIpc) is 2.26. The third-order valence-corrected chi connectivity index (χ3v) is 3.53. The van der Waals surface area contributed by atoms with Crippen molar-refractivity contribution in [1.29, 1.82) is 0 Å². The lowest BCUT2D eigenvalue weighted by molar-refractivity contribution is 0.0189. The van der Waals surface area contributed by atoms with Crippen molar-refractivity contribution >= 4 is 15.8 Å². The number of hydrogen-bond donors (Lipinski definition) is 1. The number of methoxy groups -OCH3 is 1. The van der Waals surface area contributed by atoms with Crippen molar-refractivity contribution in [2.45, 2.75) is 26.2 Å². The van der Waals surface area contributed by atoms with Crippen molar-refractivity contribution in [2.24, 2.45) is 0 Å². The van der Waals surface area contributed by atoms with Gasteiger partial charge in [0, 0.05) is 12.1 Å². The number of anilines is 1. The normalized spacial score (nSPS) is 12.3. The molecule has 0 radical (unpaired) electrons. The van der Waals surface area contributed by atoms with Crippen molar-refractivity contribution in [3.8, 4) is 5.75 Å². The molecule has 1 aromatic rings. The number of pyridine rings is 1. The maximum Gasteiger partial charge on any atom is 0.246 e. The fraction of sp³-hybridized carbons (Fsp3) is 0.545. The first-order chi connectivity index (χ1) is 8.63. The van der Waals surface area contributed by atoms with Gasteiger partial charge in [0.1, 0.15) is 0 Å². The number of hydrogen-bond acceptors (Lipinski definition) is 4. The molecule has 1 aromatic heterocycles.